The van der Waals surface area contributed by atoms with Gasteiger partial charge in [0, 0.05) is 12.3 Å². The topological polar surface area (TPSA) is 64.0 Å². The van der Waals surface area contributed by atoms with Crippen LogP contribution in [0.3, 0.4) is 0 Å². The highest BCUT2D eigenvalue weighted by Gasteiger charge is 2.07. The van der Waals surface area contributed by atoms with E-state index >= 15 is 0 Å². The maximum atomic E-state index is 11.1. The molecule has 5 nitrogen and oxygen atoms in total. The van der Waals surface area contributed by atoms with Crippen molar-refractivity contribution in [1.29, 1.82) is 0 Å². The van der Waals surface area contributed by atoms with Crippen LogP contribution in [-0.4, -0.2) is 22.5 Å². The van der Waals surface area contributed by atoms with E-state index < -0.39 is 12.0 Å². The second-order valence-electron chi connectivity index (χ2n) is 2.57. The fourth-order valence-corrected chi connectivity index (χ4v) is 0.779. The molecule has 0 bridgehead atoms. The van der Waals surface area contributed by atoms with Crippen LogP contribution in [0.5, 0.6) is 5.88 Å². The van der Waals surface area contributed by atoms with E-state index in [1.807, 2.05) is 6.92 Å². The third-order valence-corrected chi connectivity index (χ3v) is 1.48. The third-order valence-electron chi connectivity index (χ3n) is 1.48. The number of carbonyl (C=O) groups excluding carboxylic acids is 1. The normalized spacial score (nSPS) is 9.92. The van der Waals surface area contributed by atoms with Gasteiger partial charge < -0.3 is 4.74 Å². The molecule has 0 saturated carbocycles. The molecule has 1 heterocycles. The molecule has 0 spiro atoms. The SMILES string of the molecule is CCCCOC(=O)n1ccc([O])n1. The minimum Gasteiger partial charge on any atom is -0.448 e. The Labute approximate surface area is 75.9 Å². The molecule has 0 saturated heterocycles. The molecular formula is C8H11N2O3. The minimum absolute atomic E-state index is 0.364. The van der Waals surface area contributed by atoms with Crippen molar-refractivity contribution in [2.24, 2.45) is 0 Å². The number of hydrogen-bond acceptors (Lipinski definition) is 3. The summed E-state index contributed by atoms with van der Waals surface area (Å²) in [6.07, 6.45) is 2.46. The summed E-state index contributed by atoms with van der Waals surface area (Å²) in [6, 6.07) is 1.21. The predicted octanol–water partition coefficient (Wildman–Crippen LogP) is 1.81. The second-order valence-corrected chi connectivity index (χ2v) is 2.57. The fraction of sp³-hybridized carbons (Fsp3) is 0.500. The van der Waals surface area contributed by atoms with Gasteiger partial charge in [-0.1, -0.05) is 13.3 Å². The van der Waals surface area contributed by atoms with Gasteiger partial charge in [0.1, 0.15) is 0 Å². The Hall–Kier alpha value is -1.52. The van der Waals surface area contributed by atoms with Crippen LogP contribution >= 0.6 is 0 Å². The van der Waals surface area contributed by atoms with E-state index in [0.29, 0.717) is 6.61 Å². The summed E-state index contributed by atoms with van der Waals surface area (Å²) in [6.45, 7) is 2.36. The van der Waals surface area contributed by atoms with Gasteiger partial charge in [0.2, 0.25) is 0 Å². The number of aromatic nitrogens is 2. The summed E-state index contributed by atoms with van der Waals surface area (Å²) in [7, 11) is 0. The molecule has 0 fully saturated rings. The maximum Gasteiger partial charge on any atom is 0.434 e. The number of unbranched alkanes of at least 4 members (excludes halogenated alkanes) is 1. The van der Waals surface area contributed by atoms with Crippen LogP contribution in [0, 0.1) is 0 Å². The maximum absolute atomic E-state index is 11.1. The van der Waals surface area contributed by atoms with Crippen molar-refractivity contribution in [1.82, 2.24) is 9.78 Å². The van der Waals surface area contributed by atoms with E-state index in [1.54, 1.807) is 0 Å². The van der Waals surface area contributed by atoms with Crippen LogP contribution < -0.4 is 0 Å². The zero-order valence-corrected chi connectivity index (χ0v) is 7.40. The average Bonchev–Trinajstić information content (AvgIpc) is 2.52. The van der Waals surface area contributed by atoms with E-state index in [0.717, 1.165) is 17.5 Å². The van der Waals surface area contributed by atoms with Crippen molar-refractivity contribution >= 4 is 6.09 Å². The van der Waals surface area contributed by atoms with Crippen molar-refractivity contribution in [3.8, 4) is 5.88 Å². The first-order valence-corrected chi connectivity index (χ1v) is 4.14. The summed E-state index contributed by atoms with van der Waals surface area (Å²) in [5, 5.41) is 14.0. The van der Waals surface area contributed by atoms with Crippen LogP contribution in [0.15, 0.2) is 12.3 Å². The molecule has 1 aromatic rings. The number of hydrogen-bond donors (Lipinski definition) is 0. The first kappa shape index (κ1) is 9.57. The Morgan fingerprint density at radius 3 is 3.00 bits per heavy atom. The van der Waals surface area contributed by atoms with Gasteiger partial charge in [0.05, 0.1) is 6.61 Å². The molecule has 0 amide bonds. The van der Waals surface area contributed by atoms with Crippen LogP contribution in [0.1, 0.15) is 19.8 Å². The lowest BCUT2D eigenvalue weighted by atomic mass is 10.4. The molecule has 1 rings (SSSR count). The Morgan fingerprint density at radius 1 is 1.69 bits per heavy atom. The lowest BCUT2D eigenvalue weighted by Crippen LogP contribution is -2.14. The van der Waals surface area contributed by atoms with Gasteiger partial charge in [0.25, 0.3) is 5.88 Å². The number of ether oxygens (including phenoxy) is 1. The first-order valence-electron chi connectivity index (χ1n) is 4.14. The van der Waals surface area contributed by atoms with E-state index in [1.165, 1.54) is 12.3 Å². The van der Waals surface area contributed by atoms with E-state index in [-0.39, 0.29) is 0 Å². The quantitative estimate of drug-likeness (QED) is 0.671. The van der Waals surface area contributed by atoms with Crippen LogP contribution in [0.25, 0.3) is 0 Å². The van der Waals surface area contributed by atoms with Crippen molar-refractivity contribution in [3.05, 3.63) is 12.3 Å². The third kappa shape index (κ3) is 2.77. The molecule has 0 N–H and O–H groups in total. The van der Waals surface area contributed by atoms with Crippen molar-refractivity contribution in [2.45, 2.75) is 19.8 Å². The van der Waals surface area contributed by atoms with Gasteiger partial charge in [-0.2, -0.15) is 4.68 Å². The van der Waals surface area contributed by atoms with Crippen LogP contribution in [0.2, 0.25) is 0 Å². The van der Waals surface area contributed by atoms with Gasteiger partial charge in [-0.25, -0.2) is 4.79 Å². The Bertz CT molecular complexity index is 283. The van der Waals surface area contributed by atoms with Crippen molar-refractivity contribution in [2.75, 3.05) is 6.61 Å². The molecule has 71 valence electrons. The highest BCUT2D eigenvalue weighted by Crippen LogP contribution is 2.03. The molecule has 0 aliphatic rings. The number of carbonyl (C=O) groups is 1. The standard InChI is InChI=1S/C8H11N2O3/c1-2-3-6-13-8(12)10-5-4-7(11)9-10/h4-5H,2-3,6H2,1H3. The highest BCUT2D eigenvalue weighted by atomic mass is 16.6. The molecule has 0 unspecified atom stereocenters. The lowest BCUT2D eigenvalue weighted by molar-refractivity contribution is 0.142. The van der Waals surface area contributed by atoms with Crippen molar-refractivity contribution in [3.63, 3.8) is 0 Å². The Morgan fingerprint density at radius 2 is 2.46 bits per heavy atom. The van der Waals surface area contributed by atoms with E-state index in [4.69, 9.17) is 4.74 Å². The second kappa shape index (κ2) is 4.49. The van der Waals surface area contributed by atoms with Crippen LogP contribution in [0.4, 0.5) is 4.79 Å². The van der Waals surface area contributed by atoms with Gasteiger partial charge in [-0.15, -0.1) is 5.10 Å². The Kier molecular flexibility index (Phi) is 3.31. The number of nitrogens with zero attached hydrogens (tertiary/aromatic N) is 2. The summed E-state index contributed by atoms with van der Waals surface area (Å²) in [4.78, 5) is 11.1. The van der Waals surface area contributed by atoms with Crippen LogP contribution in [-0.2, 0) is 9.84 Å². The van der Waals surface area contributed by atoms with Gasteiger partial charge in [-0.3, -0.25) is 5.11 Å². The lowest BCUT2D eigenvalue weighted by Gasteiger charge is -2.01. The zero-order valence-electron chi connectivity index (χ0n) is 7.40. The molecular weight excluding hydrogens is 172 g/mol. The predicted molar refractivity (Wildman–Crippen MR) is 44.0 cm³/mol. The van der Waals surface area contributed by atoms with E-state index in [2.05, 4.69) is 5.10 Å². The molecule has 0 atom stereocenters. The summed E-state index contributed by atoms with van der Waals surface area (Å²) in [5.41, 5.74) is 0. The molecule has 1 aromatic heterocycles. The molecule has 0 aliphatic heterocycles. The smallest absolute Gasteiger partial charge is 0.434 e. The van der Waals surface area contributed by atoms with Gasteiger partial charge in [0.15, 0.2) is 0 Å². The first-order chi connectivity index (χ1) is 6.24. The summed E-state index contributed by atoms with van der Waals surface area (Å²) < 4.78 is 5.71. The Balaban J connectivity index is 2.40. The minimum atomic E-state index is -0.601. The summed E-state index contributed by atoms with van der Waals surface area (Å²) >= 11 is 0. The molecule has 1 radical (unpaired) electrons. The molecule has 13 heavy (non-hydrogen) atoms. The molecule has 0 aliphatic carbocycles. The van der Waals surface area contributed by atoms with Crippen molar-refractivity contribution < 1.29 is 14.6 Å². The van der Waals surface area contributed by atoms with Gasteiger partial charge in [-0.05, 0) is 6.42 Å². The fourth-order valence-electron chi connectivity index (χ4n) is 0.779. The highest BCUT2D eigenvalue weighted by molar-refractivity contribution is 5.69. The monoisotopic (exact) mass is 183 g/mol. The molecule has 5 heteroatoms. The van der Waals surface area contributed by atoms with E-state index in [9.17, 15) is 9.90 Å². The molecule has 0 aromatic carbocycles. The largest absolute Gasteiger partial charge is 0.448 e. The number of rotatable bonds is 3. The average molecular weight is 183 g/mol. The van der Waals surface area contributed by atoms with Gasteiger partial charge >= 0.3 is 6.09 Å². The summed E-state index contributed by atoms with van der Waals surface area (Å²) in [5.74, 6) is -0.438. The zero-order chi connectivity index (χ0) is 9.68.